The van der Waals surface area contributed by atoms with Gasteiger partial charge in [0.25, 0.3) is 0 Å². The summed E-state index contributed by atoms with van der Waals surface area (Å²) in [7, 11) is 0. The van der Waals surface area contributed by atoms with Crippen LogP contribution < -0.4 is 4.90 Å². The first-order valence-electron chi connectivity index (χ1n) is 19.4. The predicted octanol–water partition coefficient (Wildman–Crippen LogP) is 15.0. The predicted molar refractivity (Wildman–Crippen MR) is 234 cm³/mol. The first-order chi connectivity index (χ1) is 25.9. The van der Waals surface area contributed by atoms with E-state index in [9.17, 15) is 0 Å². The van der Waals surface area contributed by atoms with Crippen LogP contribution in [0.4, 0.5) is 17.1 Å². The van der Waals surface area contributed by atoms with Crippen molar-refractivity contribution < 1.29 is 0 Å². The summed E-state index contributed by atoms with van der Waals surface area (Å²) in [5.74, 6) is 0.0630. The van der Waals surface area contributed by atoms with Crippen LogP contribution >= 0.6 is 0 Å². The van der Waals surface area contributed by atoms with Crippen molar-refractivity contribution >= 4 is 49.4 Å². The first-order valence-corrected chi connectivity index (χ1v) is 19.4. The third-order valence-corrected chi connectivity index (χ3v) is 11.2. The third-order valence-electron chi connectivity index (χ3n) is 11.2. The van der Waals surface area contributed by atoms with Crippen LogP contribution in [0.1, 0.15) is 86.4 Å². The topological polar surface area (TPSA) is 3.24 Å². The number of para-hydroxylation sites is 1. The van der Waals surface area contributed by atoms with Gasteiger partial charge in [-0.25, -0.2) is 0 Å². The second-order valence-electron chi connectivity index (χ2n) is 17.2. The van der Waals surface area contributed by atoms with Gasteiger partial charge in [-0.1, -0.05) is 162 Å². The zero-order chi connectivity index (χ0) is 37.8. The highest BCUT2D eigenvalue weighted by Crippen LogP contribution is 2.47. The number of anilines is 3. The van der Waals surface area contributed by atoms with Crippen molar-refractivity contribution in [1.82, 2.24) is 0 Å². The molecule has 0 saturated carbocycles. The van der Waals surface area contributed by atoms with Crippen LogP contribution in [-0.4, -0.2) is 0 Å². The summed E-state index contributed by atoms with van der Waals surface area (Å²) in [6.07, 6.45) is 0. The lowest BCUT2D eigenvalue weighted by molar-refractivity contribution is 0.591. The van der Waals surface area contributed by atoms with Gasteiger partial charge in [0.15, 0.2) is 0 Å². The Morgan fingerprint density at radius 1 is 0.389 bits per heavy atom. The molecule has 0 heterocycles. The molecule has 0 aliphatic heterocycles. The Balaban J connectivity index is 1.56. The Hall–Kier alpha value is -5.66. The van der Waals surface area contributed by atoms with E-state index < -0.39 is 0 Å². The minimum Gasteiger partial charge on any atom is -0.310 e. The van der Waals surface area contributed by atoms with Crippen LogP contribution in [0.5, 0.6) is 0 Å². The van der Waals surface area contributed by atoms with Gasteiger partial charge in [-0.05, 0) is 128 Å². The number of rotatable bonds is 6. The van der Waals surface area contributed by atoms with Crippen molar-refractivity contribution in [2.45, 2.75) is 72.1 Å². The van der Waals surface area contributed by atoms with Crippen molar-refractivity contribution in [2.24, 2.45) is 0 Å². The molecular weight excluding hydrogens is 651 g/mol. The molecule has 0 radical (unpaired) electrons. The van der Waals surface area contributed by atoms with Crippen molar-refractivity contribution in [1.29, 1.82) is 0 Å². The molecule has 8 aromatic rings. The summed E-state index contributed by atoms with van der Waals surface area (Å²) >= 11 is 0. The molecule has 0 amide bonds. The van der Waals surface area contributed by atoms with E-state index in [1.165, 1.54) is 76.9 Å². The standard InChI is InChI=1S/C53H51N/c1-35-19-23-38(24-20-35)51(37-15-11-9-12-16-37)49-33-47-46-32-40(53(6,7)8)26-30-44(46)50(34-48(47)45-31-39(52(3,4)5)25-29-43(45)49)54(41-17-13-10-14-18-41)42-27-21-36(2)22-28-42/h9-34,51H,1-8H3. The molecule has 1 unspecified atom stereocenters. The van der Waals surface area contributed by atoms with Gasteiger partial charge >= 0.3 is 0 Å². The molecule has 268 valence electrons. The molecule has 0 N–H and O–H groups in total. The highest BCUT2D eigenvalue weighted by molar-refractivity contribution is 6.22. The molecule has 0 aliphatic rings. The summed E-state index contributed by atoms with van der Waals surface area (Å²) in [5, 5.41) is 7.68. The van der Waals surface area contributed by atoms with Gasteiger partial charge in [-0.3, -0.25) is 0 Å². The van der Waals surface area contributed by atoms with E-state index in [1.54, 1.807) is 0 Å². The maximum absolute atomic E-state index is 2.53. The fraction of sp³-hybridized carbons (Fsp3) is 0.208. The molecule has 0 bridgehead atoms. The maximum atomic E-state index is 2.53. The lowest BCUT2D eigenvalue weighted by atomic mass is 9.78. The zero-order valence-corrected chi connectivity index (χ0v) is 33.0. The van der Waals surface area contributed by atoms with Crippen molar-refractivity contribution in [2.75, 3.05) is 4.90 Å². The number of hydrogen-bond donors (Lipinski definition) is 0. The molecule has 0 fully saturated rings. The van der Waals surface area contributed by atoms with E-state index in [1.807, 2.05) is 0 Å². The maximum Gasteiger partial charge on any atom is 0.0546 e. The fourth-order valence-corrected chi connectivity index (χ4v) is 8.07. The smallest absolute Gasteiger partial charge is 0.0546 e. The van der Waals surface area contributed by atoms with E-state index in [0.717, 1.165) is 11.4 Å². The average molecular weight is 702 g/mol. The molecule has 8 rings (SSSR count). The first kappa shape index (κ1) is 35.4. The van der Waals surface area contributed by atoms with E-state index in [2.05, 4.69) is 218 Å². The monoisotopic (exact) mass is 701 g/mol. The number of nitrogens with zero attached hydrogens (tertiary/aromatic N) is 1. The fourth-order valence-electron chi connectivity index (χ4n) is 8.07. The lowest BCUT2D eigenvalue weighted by Gasteiger charge is -2.29. The third kappa shape index (κ3) is 6.58. The van der Waals surface area contributed by atoms with Crippen molar-refractivity contribution in [3.63, 3.8) is 0 Å². The van der Waals surface area contributed by atoms with Crippen LogP contribution in [0, 0.1) is 13.8 Å². The van der Waals surface area contributed by atoms with Gasteiger partial charge in [0.1, 0.15) is 0 Å². The zero-order valence-electron chi connectivity index (χ0n) is 33.0. The normalized spacial score (nSPS) is 12.7. The van der Waals surface area contributed by atoms with Gasteiger partial charge in [-0.15, -0.1) is 0 Å². The van der Waals surface area contributed by atoms with Gasteiger partial charge in [-0.2, -0.15) is 0 Å². The van der Waals surface area contributed by atoms with Crippen LogP contribution in [0.2, 0.25) is 0 Å². The largest absolute Gasteiger partial charge is 0.310 e. The number of aryl methyl sites for hydroxylation is 2. The average Bonchev–Trinajstić information content (AvgIpc) is 3.16. The van der Waals surface area contributed by atoms with Crippen molar-refractivity contribution in [3.05, 3.63) is 197 Å². The SMILES string of the molecule is Cc1ccc(C(c2ccccc2)c2cc3c4cc(C(C)(C)C)ccc4c(N(c4ccccc4)c4ccc(C)cc4)cc3c3cc(C(C)(C)C)ccc23)cc1. The Bertz CT molecular complexity index is 2410. The molecular formula is C53H51N. The second kappa shape index (κ2) is 13.6. The minimum absolute atomic E-state index is 0.0106. The summed E-state index contributed by atoms with van der Waals surface area (Å²) in [6.45, 7) is 18.3. The summed E-state index contributed by atoms with van der Waals surface area (Å²) in [6, 6.07) is 59.5. The molecule has 8 aromatic carbocycles. The van der Waals surface area contributed by atoms with Crippen molar-refractivity contribution in [3.8, 4) is 0 Å². The Morgan fingerprint density at radius 2 is 0.833 bits per heavy atom. The molecule has 0 spiro atoms. The molecule has 1 atom stereocenters. The molecule has 0 saturated heterocycles. The van der Waals surface area contributed by atoms with E-state index >= 15 is 0 Å². The van der Waals surface area contributed by atoms with E-state index in [0.29, 0.717) is 0 Å². The number of hydrogen-bond acceptors (Lipinski definition) is 1. The Morgan fingerprint density at radius 3 is 1.41 bits per heavy atom. The molecule has 54 heavy (non-hydrogen) atoms. The lowest BCUT2D eigenvalue weighted by Crippen LogP contribution is -2.13. The summed E-state index contributed by atoms with van der Waals surface area (Å²) in [5.41, 5.74) is 12.6. The molecule has 0 aliphatic carbocycles. The highest BCUT2D eigenvalue weighted by Gasteiger charge is 2.26. The quantitative estimate of drug-likeness (QED) is 0.123. The van der Waals surface area contributed by atoms with E-state index in [4.69, 9.17) is 0 Å². The molecule has 1 heteroatoms. The summed E-state index contributed by atoms with van der Waals surface area (Å²) in [4.78, 5) is 2.45. The second-order valence-corrected chi connectivity index (χ2v) is 17.2. The minimum atomic E-state index is -0.0137. The summed E-state index contributed by atoms with van der Waals surface area (Å²) < 4.78 is 0. The van der Waals surface area contributed by atoms with Gasteiger partial charge < -0.3 is 4.90 Å². The number of fused-ring (bicyclic) bond motifs is 5. The van der Waals surface area contributed by atoms with Gasteiger partial charge in [0, 0.05) is 22.7 Å². The Kier molecular flexibility index (Phi) is 8.93. The molecule has 0 aromatic heterocycles. The number of benzene rings is 8. The van der Waals surface area contributed by atoms with Crippen LogP contribution in [0.25, 0.3) is 32.3 Å². The van der Waals surface area contributed by atoms with Crippen LogP contribution in [0.15, 0.2) is 158 Å². The Labute approximate surface area is 321 Å². The van der Waals surface area contributed by atoms with Crippen LogP contribution in [-0.2, 0) is 10.8 Å². The van der Waals surface area contributed by atoms with E-state index in [-0.39, 0.29) is 16.7 Å². The molecule has 1 nitrogen and oxygen atoms in total. The van der Waals surface area contributed by atoms with Crippen LogP contribution in [0.3, 0.4) is 0 Å². The van der Waals surface area contributed by atoms with Gasteiger partial charge in [0.05, 0.1) is 5.69 Å². The van der Waals surface area contributed by atoms with Gasteiger partial charge in [0.2, 0.25) is 0 Å². The highest BCUT2D eigenvalue weighted by atomic mass is 15.1.